The van der Waals surface area contributed by atoms with E-state index in [1.807, 2.05) is 23.1 Å². The number of fused-ring (bicyclic) bond motifs is 1. The van der Waals surface area contributed by atoms with Gasteiger partial charge in [0.1, 0.15) is 11.9 Å². The highest BCUT2D eigenvalue weighted by molar-refractivity contribution is 7.20. The molecular weight excluding hydrogens is 360 g/mol. The van der Waals surface area contributed by atoms with Crippen LogP contribution < -0.4 is 9.47 Å². The summed E-state index contributed by atoms with van der Waals surface area (Å²) in [6, 6.07) is 5.89. The van der Waals surface area contributed by atoms with Gasteiger partial charge in [-0.2, -0.15) is 0 Å². The van der Waals surface area contributed by atoms with E-state index in [-0.39, 0.29) is 12.0 Å². The Morgan fingerprint density at radius 3 is 2.59 bits per heavy atom. The molecule has 2 heterocycles. The minimum atomic E-state index is 0.132. The second-order valence-electron chi connectivity index (χ2n) is 7.23. The van der Waals surface area contributed by atoms with Gasteiger partial charge in [-0.3, -0.25) is 4.79 Å². The molecule has 2 aromatic rings. The topological polar surface area (TPSA) is 51.7 Å². The number of nitrogens with zero attached hydrogens (tertiary/aromatic N) is 2. The summed E-state index contributed by atoms with van der Waals surface area (Å²) in [6.07, 6.45) is 6.01. The van der Waals surface area contributed by atoms with E-state index in [2.05, 4.69) is 18.8 Å². The molecule has 0 bridgehead atoms. The van der Waals surface area contributed by atoms with E-state index in [0.717, 1.165) is 67.6 Å². The highest BCUT2D eigenvalue weighted by atomic mass is 32.1. The van der Waals surface area contributed by atoms with Crippen LogP contribution in [0.25, 0.3) is 10.2 Å². The van der Waals surface area contributed by atoms with Gasteiger partial charge >= 0.3 is 0 Å². The Labute approximate surface area is 165 Å². The summed E-state index contributed by atoms with van der Waals surface area (Å²) in [4.78, 5) is 19.4. The number of ether oxygens (including phenoxy) is 2. The number of thiazole rings is 1. The lowest BCUT2D eigenvalue weighted by atomic mass is 9.95. The average Bonchev–Trinajstić information content (AvgIpc) is 3.09. The SMILES string of the molecule is CCCC(CCC)C(=O)N1CCC(Oc2nc3cc(OC)ccc3s2)CC1. The number of amides is 1. The van der Waals surface area contributed by atoms with Crippen molar-refractivity contribution in [2.75, 3.05) is 20.2 Å². The van der Waals surface area contributed by atoms with Gasteiger partial charge in [0.15, 0.2) is 0 Å². The highest BCUT2D eigenvalue weighted by Gasteiger charge is 2.28. The molecule has 0 unspecified atom stereocenters. The van der Waals surface area contributed by atoms with Crippen molar-refractivity contribution in [1.29, 1.82) is 0 Å². The molecule has 1 aromatic heterocycles. The van der Waals surface area contributed by atoms with Crippen LogP contribution in [0.1, 0.15) is 52.4 Å². The fourth-order valence-corrected chi connectivity index (χ4v) is 4.61. The Balaban J connectivity index is 1.55. The number of benzene rings is 1. The molecule has 1 aliphatic heterocycles. The molecule has 1 aliphatic rings. The van der Waals surface area contributed by atoms with E-state index in [1.54, 1.807) is 18.4 Å². The van der Waals surface area contributed by atoms with Gasteiger partial charge in [-0.25, -0.2) is 4.98 Å². The second-order valence-corrected chi connectivity index (χ2v) is 8.22. The van der Waals surface area contributed by atoms with Crippen LogP contribution in [-0.2, 0) is 4.79 Å². The fourth-order valence-electron chi connectivity index (χ4n) is 3.75. The van der Waals surface area contributed by atoms with Crippen molar-refractivity contribution in [1.82, 2.24) is 9.88 Å². The first-order valence-corrected chi connectivity index (χ1v) is 10.9. The Hall–Kier alpha value is -1.82. The number of carbonyl (C=O) groups excluding carboxylic acids is 1. The van der Waals surface area contributed by atoms with Crippen molar-refractivity contribution >= 4 is 27.5 Å². The van der Waals surface area contributed by atoms with Gasteiger partial charge in [0, 0.05) is 37.9 Å². The minimum Gasteiger partial charge on any atom is -0.497 e. The van der Waals surface area contributed by atoms with Gasteiger partial charge in [-0.1, -0.05) is 38.0 Å². The summed E-state index contributed by atoms with van der Waals surface area (Å²) >= 11 is 1.57. The van der Waals surface area contributed by atoms with Crippen LogP contribution in [0.15, 0.2) is 18.2 Å². The Morgan fingerprint density at radius 1 is 1.26 bits per heavy atom. The van der Waals surface area contributed by atoms with Gasteiger partial charge in [-0.05, 0) is 25.0 Å². The van der Waals surface area contributed by atoms with Gasteiger partial charge in [-0.15, -0.1) is 0 Å². The van der Waals surface area contributed by atoms with Crippen molar-refractivity contribution in [2.45, 2.75) is 58.5 Å². The number of likely N-dealkylation sites (tertiary alicyclic amines) is 1. The zero-order valence-electron chi connectivity index (χ0n) is 16.6. The van der Waals surface area contributed by atoms with Crippen LogP contribution in [0, 0.1) is 5.92 Å². The molecule has 0 aliphatic carbocycles. The Morgan fingerprint density at radius 2 is 1.96 bits per heavy atom. The predicted molar refractivity (Wildman–Crippen MR) is 110 cm³/mol. The maximum Gasteiger partial charge on any atom is 0.274 e. The zero-order chi connectivity index (χ0) is 19.2. The zero-order valence-corrected chi connectivity index (χ0v) is 17.4. The quantitative estimate of drug-likeness (QED) is 0.644. The number of hydrogen-bond acceptors (Lipinski definition) is 5. The van der Waals surface area contributed by atoms with E-state index in [9.17, 15) is 4.79 Å². The van der Waals surface area contributed by atoms with E-state index < -0.39 is 0 Å². The Kier molecular flexibility index (Phi) is 6.94. The van der Waals surface area contributed by atoms with Crippen molar-refractivity contribution < 1.29 is 14.3 Å². The number of hydrogen-bond donors (Lipinski definition) is 0. The van der Waals surface area contributed by atoms with E-state index >= 15 is 0 Å². The fraction of sp³-hybridized carbons (Fsp3) is 0.619. The summed E-state index contributed by atoms with van der Waals surface area (Å²) in [5.41, 5.74) is 0.906. The molecule has 1 amide bonds. The second kappa shape index (κ2) is 9.40. The molecule has 0 saturated carbocycles. The monoisotopic (exact) mass is 390 g/mol. The molecule has 0 atom stereocenters. The first kappa shape index (κ1) is 19.9. The molecule has 0 radical (unpaired) electrons. The summed E-state index contributed by atoms with van der Waals surface area (Å²) in [5, 5.41) is 0.706. The molecule has 1 saturated heterocycles. The molecule has 27 heavy (non-hydrogen) atoms. The van der Waals surface area contributed by atoms with Gasteiger partial charge in [0.05, 0.1) is 17.3 Å². The predicted octanol–water partition coefficient (Wildman–Crippen LogP) is 4.89. The maximum absolute atomic E-state index is 12.8. The lowest BCUT2D eigenvalue weighted by molar-refractivity contribution is -0.137. The third-order valence-electron chi connectivity index (χ3n) is 5.22. The molecule has 5 nitrogen and oxygen atoms in total. The molecule has 1 fully saturated rings. The lowest BCUT2D eigenvalue weighted by Crippen LogP contribution is -2.44. The number of carbonyl (C=O) groups is 1. The maximum atomic E-state index is 12.8. The van der Waals surface area contributed by atoms with Crippen LogP contribution in [0.5, 0.6) is 10.9 Å². The van der Waals surface area contributed by atoms with Crippen molar-refractivity contribution in [3.8, 4) is 10.9 Å². The Bertz CT molecular complexity index is 747. The summed E-state index contributed by atoms with van der Waals surface area (Å²) in [6.45, 7) is 5.88. The largest absolute Gasteiger partial charge is 0.497 e. The van der Waals surface area contributed by atoms with E-state index in [1.165, 1.54) is 0 Å². The molecule has 0 spiro atoms. The molecule has 6 heteroatoms. The number of aromatic nitrogens is 1. The number of rotatable bonds is 8. The summed E-state index contributed by atoms with van der Waals surface area (Å²) < 4.78 is 12.5. The van der Waals surface area contributed by atoms with Crippen molar-refractivity contribution in [3.05, 3.63) is 18.2 Å². The first-order valence-electron chi connectivity index (χ1n) is 10.0. The standard InChI is InChI=1S/C21H30N2O3S/c1-4-6-15(7-5-2)20(24)23-12-10-16(11-13-23)26-21-22-18-14-17(25-3)8-9-19(18)27-21/h8-9,14-16H,4-7,10-13H2,1-3H3. The average molecular weight is 391 g/mol. The lowest BCUT2D eigenvalue weighted by Gasteiger charge is -2.34. The van der Waals surface area contributed by atoms with Crippen molar-refractivity contribution in [2.24, 2.45) is 5.92 Å². The summed E-state index contributed by atoms with van der Waals surface area (Å²) in [7, 11) is 1.66. The molecule has 148 valence electrons. The van der Waals surface area contributed by atoms with E-state index in [4.69, 9.17) is 9.47 Å². The van der Waals surface area contributed by atoms with Gasteiger partial charge in [0.2, 0.25) is 5.91 Å². The first-order chi connectivity index (χ1) is 13.1. The molecular formula is C21H30N2O3S. The minimum absolute atomic E-state index is 0.132. The van der Waals surface area contributed by atoms with Gasteiger partial charge < -0.3 is 14.4 Å². The van der Waals surface area contributed by atoms with E-state index in [0.29, 0.717) is 11.1 Å². The molecule has 1 aromatic carbocycles. The van der Waals surface area contributed by atoms with Crippen LogP contribution in [0.3, 0.4) is 0 Å². The number of piperidine rings is 1. The smallest absolute Gasteiger partial charge is 0.274 e. The normalized spacial score (nSPS) is 15.5. The van der Waals surface area contributed by atoms with Crippen LogP contribution in [0.4, 0.5) is 0 Å². The van der Waals surface area contributed by atoms with Gasteiger partial charge in [0.25, 0.3) is 5.19 Å². The van der Waals surface area contributed by atoms with Crippen LogP contribution in [-0.4, -0.2) is 42.1 Å². The number of methoxy groups -OCH3 is 1. The van der Waals surface area contributed by atoms with Crippen molar-refractivity contribution in [3.63, 3.8) is 0 Å². The molecule has 0 N–H and O–H groups in total. The van der Waals surface area contributed by atoms with Crippen LogP contribution >= 0.6 is 11.3 Å². The van der Waals surface area contributed by atoms with Crippen LogP contribution in [0.2, 0.25) is 0 Å². The third kappa shape index (κ3) is 4.92. The highest BCUT2D eigenvalue weighted by Crippen LogP contribution is 2.32. The summed E-state index contributed by atoms with van der Waals surface area (Å²) in [5.74, 6) is 1.33. The molecule has 3 rings (SSSR count). The third-order valence-corrected chi connectivity index (χ3v) is 6.15.